The molecule has 1 saturated carbocycles. The summed E-state index contributed by atoms with van der Waals surface area (Å²) in [4.78, 5) is 23.3. The van der Waals surface area contributed by atoms with Gasteiger partial charge in [0.05, 0.1) is 6.26 Å². The van der Waals surface area contributed by atoms with E-state index in [1.54, 1.807) is 6.07 Å². The van der Waals surface area contributed by atoms with Crippen LogP contribution in [0.5, 0.6) is 0 Å². The first kappa shape index (κ1) is 14.6. The van der Waals surface area contributed by atoms with Crippen LogP contribution in [0.1, 0.15) is 43.7 Å². The summed E-state index contributed by atoms with van der Waals surface area (Å²) in [6.45, 7) is 4.10. The summed E-state index contributed by atoms with van der Waals surface area (Å²) >= 11 is 0. The van der Waals surface area contributed by atoms with E-state index >= 15 is 0 Å². The van der Waals surface area contributed by atoms with Crippen LogP contribution in [0, 0.1) is 11.8 Å². The molecule has 0 aliphatic heterocycles. The third-order valence-electron chi connectivity index (χ3n) is 4.11. The van der Waals surface area contributed by atoms with Crippen LogP contribution >= 0.6 is 0 Å². The number of carbonyl (C=O) groups excluding carboxylic acids is 2. The Balaban J connectivity index is 1.76. The van der Waals surface area contributed by atoms with E-state index in [1.807, 2.05) is 0 Å². The van der Waals surface area contributed by atoms with Gasteiger partial charge in [0, 0.05) is 6.04 Å². The molecule has 20 heavy (non-hydrogen) atoms. The van der Waals surface area contributed by atoms with Crippen molar-refractivity contribution in [1.29, 1.82) is 0 Å². The van der Waals surface area contributed by atoms with Crippen LogP contribution in [0.2, 0.25) is 0 Å². The number of hydrogen-bond donors (Lipinski definition) is 1. The molecule has 0 unspecified atom stereocenters. The zero-order valence-corrected chi connectivity index (χ0v) is 11.9. The Morgan fingerprint density at radius 2 is 2.20 bits per heavy atom. The molecule has 1 fully saturated rings. The fraction of sp³-hybridized carbons (Fsp3) is 0.600. The smallest absolute Gasteiger partial charge is 0.374 e. The van der Waals surface area contributed by atoms with Crippen LogP contribution in [-0.2, 0) is 9.53 Å². The highest BCUT2D eigenvalue weighted by atomic mass is 16.5. The number of ether oxygens (including phenoxy) is 1. The van der Waals surface area contributed by atoms with Gasteiger partial charge in [0.25, 0.3) is 5.91 Å². The van der Waals surface area contributed by atoms with E-state index in [0.717, 1.165) is 12.8 Å². The maximum atomic E-state index is 11.8. The topological polar surface area (TPSA) is 68.5 Å². The highest BCUT2D eigenvalue weighted by Gasteiger charge is 2.28. The van der Waals surface area contributed by atoms with E-state index in [4.69, 9.17) is 9.15 Å². The zero-order valence-electron chi connectivity index (χ0n) is 11.9. The maximum Gasteiger partial charge on any atom is 0.374 e. The molecule has 5 heteroatoms. The van der Waals surface area contributed by atoms with Gasteiger partial charge in [-0.3, -0.25) is 4.79 Å². The standard InChI is InChI=1S/C15H21NO4/c1-10-5-3-6-12(11(10)2)16-14(17)9-20-15(18)13-7-4-8-19-13/h4,7-8,10-12H,3,5-6,9H2,1-2H3,(H,16,17)/t10-,11-,12+/m1/s1. The average molecular weight is 279 g/mol. The van der Waals surface area contributed by atoms with E-state index in [2.05, 4.69) is 19.2 Å². The molecule has 1 aliphatic carbocycles. The van der Waals surface area contributed by atoms with Gasteiger partial charge in [-0.2, -0.15) is 0 Å². The first-order valence-corrected chi connectivity index (χ1v) is 7.08. The van der Waals surface area contributed by atoms with E-state index in [1.165, 1.54) is 18.8 Å². The molecule has 1 aliphatic rings. The van der Waals surface area contributed by atoms with E-state index in [-0.39, 0.29) is 24.3 Å². The van der Waals surface area contributed by atoms with Gasteiger partial charge in [-0.25, -0.2) is 4.79 Å². The van der Waals surface area contributed by atoms with Gasteiger partial charge < -0.3 is 14.5 Å². The van der Waals surface area contributed by atoms with Crippen molar-refractivity contribution in [2.75, 3.05) is 6.61 Å². The molecule has 1 amide bonds. The number of esters is 1. The van der Waals surface area contributed by atoms with Gasteiger partial charge in [0.1, 0.15) is 0 Å². The SMILES string of the molecule is C[C@@H]1[C@H](C)CCC[C@@H]1NC(=O)COC(=O)c1ccco1. The minimum atomic E-state index is -0.616. The van der Waals surface area contributed by atoms with Crippen molar-refractivity contribution in [2.24, 2.45) is 11.8 Å². The van der Waals surface area contributed by atoms with Crippen molar-refractivity contribution in [3.8, 4) is 0 Å². The molecule has 5 nitrogen and oxygen atoms in total. The first-order valence-electron chi connectivity index (χ1n) is 7.08. The molecule has 110 valence electrons. The van der Waals surface area contributed by atoms with Crippen molar-refractivity contribution in [3.63, 3.8) is 0 Å². The Labute approximate surface area is 118 Å². The highest BCUT2D eigenvalue weighted by molar-refractivity contribution is 5.88. The number of hydrogen-bond acceptors (Lipinski definition) is 4. The van der Waals surface area contributed by atoms with Crippen molar-refractivity contribution < 1.29 is 18.7 Å². The summed E-state index contributed by atoms with van der Waals surface area (Å²) in [5, 5.41) is 2.95. The lowest BCUT2D eigenvalue weighted by atomic mass is 9.78. The molecule has 0 aromatic carbocycles. The zero-order chi connectivity index (χ0) is 14.5. The summed E-state index contributed by atoms with van der Waals surface area (Å²) in [5.74, 6) is 0.303. The molecule has 0 saturated heterocycles. The predicted octanol–water partition coefficient (Wildman–Crippen LogP) is 2.38. The fourth-order valence-corrected chi connectivity index (χ4v) is 2.63. The number of nitrogens with one attached hydrogen (secondary N) is 1. The fourth-order valence-electron chi connectivity index (χ4n) is 2.63. The monoisotopic (exact) mass is 279 g/mol. The third-order valence-corrected chi connectivity index (χ3v) is 4.11. The summed E-state index contributed by atoms with van der Waals surface area (Å²) < 4.78 is 9.81. The van der Waals surface area contributed by atoms with Crippen LogP contribution in [0.4, 0.5) is 0 Å². The lowest BCUT2D eigenvalue weighted by Crippen LogP contribution is -2.45. The Morgan fingerprint density at radius 1 is 1.40 bits per heavy atom. The number of rotatable bonds is 4. The van der Waals surface area contributed by atoms with Crippen LogP contribution < -0.4 is 5.32 Å². The van der Waals surface area contributed by atoms with E-state index in [0.29, 0.717) is 11.8 Å². The Morgan fingerprint density at radius 3 is 2.90 bits per heavy atom. The normalized spacial score (nSPS) is 26.0. The van der Waals surface area contributed by atoms with Gasteiger partial charge in [-0.15, -0.1) is 0 Å². The second-order valence-corrected chi connectivity index (χ2v) is 5.49. The van der Waals surface area contributed by atoms with Crippen LogP contribution in [0.3, 0.4) is 0 Å². The van der Waals surface area contributed by atoms with Gasteiger partial charge in [-0.1, -0.05) is 26.7 Å². The number of amides is 1. The summed E-state index contributed by atoms with van der Waals surface area (Å²) in [5.41, 5.74) is 0. The largest absolute Gasteiger partial charge is 0.457 e. The first-order chi connectivity index (χ1) is 9.58. The molecule has 1 heterocycles. The van der Waals surface area contributed by atoms with Crippen LogP contribution in [0.15, 0.2) is 22.8 Å². The molecule has 1 N–H and O–H groups in total. The molecule has 2 rings (SSSR count). The van der Waals surface area contributed by atoms with Gasteiger partial charge >= 0.3 is 5.97 Å². The molecular weight excluding hydrogens is 258 g/mol. The van der Waals surface area contributed by atoms with Gasteiger partial charge in [0.2, 0.25) is 5.76 Å². The second kappa shape index (κ2) is 6.59. The Bertz CT molecular complexity index is 454. The molecule has 0 radical (unpaired) electrons. The van der Waals surface area contributed by atoms with Crippen molar-refractivity contribution in [2.45, 2.75) is 39.2 Å². The maximum absolute atomic E-state index is 11.8. The minimum absolute atomic E-state index is 0.109. The lowest BCUT2D eigenvalue weighted by molar-refractivity contribution is -0.125. The van der Waals surface area contributed by atoms with Gasteiger partial charge in [-0.05, 0) is 30.4 Å². The summed E-state index contributed by atoms with van der Waals surface area (Å²) in [6, 6.07) is 3.28. The highest BCUT2D eigenvalue weighted by Crippen LogP contribution is 2.29. The molecular formula is C15H21NO4. The minimum Gasteiger partial charge on any atom is -0.457 e. The van der Waals surface area contributed by atoms with Gasteiger partial charge in [0.15, 0.2) is 6.61 Å². The molecule has 0 bridgehead atoms. The summed E-state index contributed by atoms with van der Waals surface area (Å²) in [7, 11) is 0. The van der Waals surface area contributed by atoms with Crippen molar-refractivity contribution >= 4 is 11.9 Å². The van der Waals surface area contributed by atoms with E-state index < -0.39 is 5.97 Å². The van der Waals surface area contributed by atoms with Crippen molar-refractivity contribution in [3.05, 3.63) is 24.2 Å². The molecule has 3 atom stereocenters. The molecule has 1 aromatic heterocycles. The quantitative estimate of drug-likeness (QED) is 0.859. The molecule has 0 spiro atoms. The lowest BCUT2D eigenvalue weighted by Gasteiger charge is -2.34. The number of carbonyl (C=O) groups is 2. The Hall–Kier alpha value is -1.78. The van der Waals surface area contributed by atoms with E-state index in [9.17, 15) is 9.59 Å². The van der Waals surface area contributed by atoms with Crippen LogP contribution in [0.25, 0.3) is 0 Å². The average Bonchev–Trinajstić information content (AvgIpc) is 2.95. The van der Waals surface area contributed by atoms with Crippen LogP contribution in [-0.4, -0.2) is 24.5 Å². The summed E-state index contributed by atoms with van der Waals surface area (Å²) in [6.07, 6.45) is 4.72. The third kappa shape index (κ3) is 3.62. The molecule has 1 aromatic rings. The number of furan rings is 1. The Kier molecular flexibility index (Phi) is 4.82. The second-order valence-electron chi connectivity index (χ2n) is 5.49. The van der Waals surface area contributed by atoms with Crippen molar-refractivity contribution in [1.82, 2.24) is 5.32 Å². The predicted molar refractivity (Wildman–Crippen MR) is 73.1 cm³/mol.